The minimum absolute atomic E-state index is 0.181. The molecular formula is C15H21BrFN. The zero-order valence-corrected chi connectivity index (χ0v) is 12.7. The summed E-state index contributed by atoms with van der Waals surface area (Å²) >= 11 is 3.45. The maximum Gasteiger partial charge on any atom is 0.124 e. The molecule has 0 aromatic heterocycles. The smallest absolute Gasteiger partial charge is 0.124 e. The summed E-state index contributed by atoms with van der Waals surface area (Å²) in [4.78, 5) is 2.42. The van der Waals surface area contributed by atoms with Gasteiger partial charge in [-0.05, 0) is 43.5 Å². The summed E-state index contributed by atoms with van der Waals surface area (Å²) in [6.45, 7) is 3.23. The zero-order chi connectivity index (χ0) is 13.1. The average Bonchev–Trinajstić information content (AvgIpc) is 2.33. The molecule has 100 valence electrons. The molecule has 1 aromatic carbocycles. The fourth-order valence-electron chi connectivity index (χ4n) is 2.99. The number of benzene rings is 1. The Morgan fingerprint density at radius 3 is 2.72 bits per heavy atom. The van der Waals surface area contributed by atoms with Crippen LogP contribution in [0, 0.1) is 11.7 Å². The van der Waals surface area contributed by atoms with Crippen molar-refractivity contribution < 1.29 is 4.39 Å². The maximum atomic E-state index is 13.1. The van der Waals surface area contributed by atoms with Gasteiger partial charge in [-0.1, -0.05) is 41.8 Å². The first-order valence-corrected chi connectivity index (χ1v) is 7.51. The fraction of sp³-hybridized carbons (Fsp3) is 0.600. The van der Waals surface area contributed by atoms with Gasteiger partial charge in [0.1, 0.15) is 5.82 Å². The minimum atomic E-state index is -0.181. The summed E-state index contributed by atoms with van der Waals surface area (Å²) in [5, 5.41) is 0. The van der Waals surface area contributed by atoms with E-state index in [1.165, 1.54) is 31.7 Å². The highest BCUT2D eigenvalue weighted by molar-refractivity contribution is 9.10. The van der Waals surface area contributed by atoms with Gasteiger partial charge in [-0.2, -0.15) is 0 Å². The lowest BCUT2D eigenvalue weighted by atomic mass is 9.85. The molecule has 0 saturated heterocycles. The average molecular weight is 314 g/mol. The van der Waals surface area contributed by atoms with Gasteiger partial charge in [-0.3, -0.25) is 4.90 Å². The van der Waals surface area contributed by atoms with Gasteiger partial charge < -0.3 is 0 Å². The first-order valence-electron chi connectivity index (χ1n) is 6.72. The molecule has 0 spiro atoms. The third-order valence-electron chi connectivity index (χ3n) is 4.07. The van der Waals surface area contributed by atoms with Crippen LogP contribution in [0.25, 0.3) is 0 Å². The second-order valence-electron chi connectivity index (χ2n) is 5.48. The molecule has 1 aliphatic carbocycles. The van der Waals surface area contributed by atoms with E-state index in [0.29, 0.717) is 6.04 Å². The van der Waals surface area contributed by atoms with Gasteiger partial charge in [0.2, 0.25) is 0 Å². The van der Waals surface area contributed by atoms with Crippen LogP contribution in [0.3, 0.4) is 0 Å². The molecule has 2 unspecified atom stereocenters. The Morgan fingerprint density at radius 1 is 1.33 bits per heavy atom. The highest BCUT2D eigenvalue weighted by Crippen LogP contribution is 2.29. The van der Waals surface area contributed by atoms with E-state index in [-0.39, 0.29) is 5.82 Å². The molecule has 1 fully saturated rings. The summed E-state index contributed by atoms with van der Waals surface area (Å²) in [5.41, 5.74) is 1.16. The molecule has 1 aromatic rings. The maximum absolute atomic E-state index is 13.1. The Bertz CT molecular complexity index is 407. The van der Waals surface area contributed by atoms with E-state index in [0.717, 1.165) is 22.5 Å². The predicted octanol–water partition coefficient (Wildman–Crippen LogP) is 4.60. The Kier molecular flexibility index (Phi) is 4.79. The van der Waals surface area contributed by atoms with E-state index in [9.17, 15) is 4.39 Å². The topological polar surface area (TPSA) is 3.24 Å². The predicted molar refractivity (Wildman–Crippen MR) is 77.0 cm³/mol. The van der Waals surface area contributed by atoms with Crippen LogP contribution in [-0.4, -0.2) is 18.0 Å². The van der Waals surface area contributed by atoms with Gasteiger partial charge in [0.25, 0.3) is 0 Å². The van der Waals surface area contributed by atoms with Crippen LogP contribution in [-0.2, 0) is 6.54 Å². The molecule has 1 saturated carbocycles. The molecule has 0 aliphatic heterocycles. The largest absolute Gasteiger partial charge is 0.299 e. The van der Waals surface area contributed by atoms with Crippen molar-refractivity contribution >= 4 is 15.9 Å². The van der Waals surface area contributed by atoms with Crippen LogP contribution in [0.4, 0.5) is 4.39 Å². The van der Waals surface area contributed by atoms with Gasteiger partial charge in [0.15, 0.2) is 0 Å². The van der Waals surface area contributed by atoms with Crippen LogP contribution in [0.15, 0.2) is 22.7 Å². The van der Waals surface area contributed by atoms with Crippen molar-refractivity contribution in [3.63, 3.8) is 0 Å². The summed E-state index contributed by atoms with van der Waals surface area (Å²) < 4.78 is 13.9. The van der Waals surface area contributed by atoms with Crippen molar-refractivity contribution in [3.05, 3.63) is 34.1 Å². The first kappa shape index (κ1) is 14.0. The Hall–Kier alpha value is -0.410. The highest BCUT2D eigenvalue weighted by Gasteiger charge is 2.25. The molecule has 3 heteroatoms. The molecule has 2 rings (SSSR count). The fourth-order valence-corrected chi connectivity index (χ4v) is 3.46. The Morgan fingerprint density at radius 2 is 2.06 bits per heavy atom. The van der Waals surface area contributed by atoms with Crippen LogP contribution < -0.4 is 0 Å². The zero-order valence-electron chi connectivity index (χ0n) is 11.1. The van der Waals surface area contributed by atoms with Crippen LogP contribution in [0.1, 0.15) is 38.2 Å². The van der Waals surface area contributed by atoms with Crippen LogP contribution in [0.5, 0.6) is 0 Å². The molecule has 0 N–H and O–H groups in total. The van der Waals surface area contributed by atoms with Crippen molar-refractivity contribution in [3.8, 4) is 0 Å². The molecule has 0 heterocycles. The van der Waals surface area contributed by atoms with E-state index in [2.05, 4.69) is 34.8 Å². The van der Waals surface area contributed by atoms with Gasteiger partial charge in [-0.25, -0.2) is 4.39 Å². The number of rotatable bonds is 3. The normalized spacial score (nSPS) is 24.5. The van der Waals surface area contributed by atoms with E-state index in [1.54, 1.807) is 6.07 Å². The quantitative estimate of drug-likeness (QED) is 0.788. The molecule has 0 amide bonds. The minimum Gasteiger partial charge on any atom is -0.299 e. The summed E-state index contributed by atoms with van der Waals surface area (Å²) in [6, 6.07) is 5.63. The number of nitrogens with zero attached hydrogens (tertiary/aromatic N) is 1. The van der Waals surface area contributed by atoms with Crippen molar-refractivity contribution in [1.29, 1.82) is 0 Å². The molecule has 18 heavy (non-hydrogen) atoms. The van der Waals surface area contributed by atoms with E-state index in [1.807, 2.05) is 6.07 Å². The van der Waals surface area contributed by atoms with Crippen molar-refractivity contribution in [2.24, 2.45) is 5.92 Å². The summed E-state index contributed by atoms with van der Waals surface area (Å²) in [5.74, 6) is 0.585. The molecule has 0 bridgehead atoms. The number of hydrogen-bond acceptors (Lipinski definition) is 1. The van der Waals surface area contributed by atoms with E-state index < -0.39 is 0 Å². The lowest BCUT2D eigenvalue weighted by molar-refractivity contribution is 0.133. The Labute approximate surface area is 118 Å². The second kappa shape index (κ2) is 6.16. The third kappa shape index (κ3) is 3.33. The molecule has 0 radical (unpaired) electrons. The van der Waals surface area contributed by atoms with E-state index >= 15 is 0 Å². The lowest BCUT2D eigenvalue weighted by Gasteiger charge is -2.36. The summed E-state index contributed by atoms with van der Waals surface area (Å²) in [6.07, 6.45) is 5.33. The third-order valence-corrected chi connectivity index (χ3v) is 4.81. The van der Waals surface area contributed by atoms with Gasteiger partial charge >= 0.3 is 0 Å². The molecule has 1 nitrogen and oxygen atoms in total. The number of hydrogen-bond donors (Lipinski definition) is 0. The first-order chi connectivity index (χ1) is 8.58. The van der Waals surface area contributed by atoms with Gasteiger partial charge in [-0.15, -0.1) is 0 Å². The lowest BCUT2D eigenvalue weighted by Crippen LogP contribution is -2.38. The monoisotopic (exact) mass is 313 g/mol. The van der Waals surface area contributed by atoms with Gasteiger partial charge in [0.05, 0.1) is 0 Å². The molecule has 1 aliphatic rings. The molecule has 2 atom stereocenters. The van der Waals surface area contributed by atoms with Crippen LogP contribution >= 0.6 is 15.9 Å². The van der Waals surface area contributed by atoms with E-state index in [4.69, 9.17) is 0 Å². The highest BCUT2D eigenvalue weighted by atomic mass is 79.9. The SMILES string of the molecule is CC1CCCCC1N(C)Cc1ccc(F)cc1Br. The molecular weight excluding hydrogens is 293 g/mol. The second-order valence-corrected chi connectivity index (χ2v) is 6.33. The van der Waals surface area contributed by atoms with Crippen molar-refractivity contribution in [1.82, 2.24) is 4.90 Å². The summed E-state index contributed by atoms with van der Waals surface area (Å²) in [7, 11) is 2.18. The standard InChI is InChI=1S/C15H21BrFN/c1-11-5-3-4-6-15(11)18(2)10-12-7-8-13(17)9-14(12)16/h7-9,11,15H,3-6,10H2,1-2H3. The van der Waals surface area contributed by atoms with Gasteiger partial charge in [0, 0.05) is 17.1 Å². The van der Waals surface area contributed by atoms with Crippen LogP contribution in [0.2, 0.25) is 0 Å². The Balaban J connectivity index is 2.03. The van der Waals surface area contributed by atoms with Crippen molar-refractivity contribution in [2.75, 3.05) is 7.05 Å². The van der Waals surface area contributed by atoms with Crippen molar-refractivity contribution in [2.45, 2.75) is 45.2 Å². The number of halogens is 2.